The molecule has 0 saturated heterocycles. The summed E-state index contributed by atoms with van der Waals surface area (Å²) in [4.78, 5) is 30.1. The number of amides is 1. The summed E-state index contributed by atoms with van der Waals surface area (Å²) in [5, 5.41) is 12.0. The van der Waals surface area contributed by atoms with Crippen molar-refractivity contribution in [2.24, 2.45) is 0 Å². The number of nitrogens with one attached hydrogen (secondary N) is 2. The van der Waals surface area contributed by atoms with Gasteiger partial charge in [-0.15, -0.1) is 0 Å². The smallest absolute Gasteiger partial charge is 0.326 e. The average molecular weight is 308 g/mol. The number of hydrogen-bond acceptors (Lipinski definition) is 3. The largest absolute Gasteiger partial charge is 0.480 e. The summed E-state index contributed by atoms with van der Waals surface area (Å²) in [5.74, 6) is -1.64. The molecule has 0 saturated carbocycles. The zero-order valence-corrected chi connectivity index (χ0v) is 12.0. The minimum Gasteiger partial charge on any atom is -0.480 e. The number of benzene rings is 1. The van der Waals surface area contributed by atoms with Gasteiger partial charge < -0.3 is 15.4 Å². The molecule has 0 fully saturated rings. The maximum atomic E-state index is 12.2. The third-order valence-corrected chi connectivity index (χ3v) is 3.52. The third kappa shape index (κ3) is 3.61. The lowest BCUT2D eigenvalue weighted by molar-refractivity contribution is -0.139. The Hall–Kier alpha value is -2.34. The van der Waals surface area contributed by atoms with E-state index in [9.17, 15) is 14.7 Å². The molecule has 0 aliphatic heterocycles. The Morgan fingerprint density at radius 3 is 2.86 bits per heavy atom. The van der Waals surface area contributed by atoms with Crippen LogP contribution < -0.4 is 5.32 Å². The first-order valence-corrected chi connectivity index (χ1v) is 6.63. The molecule has 0 aliphatic carbocycles. The number of halogens is 1. The summed E-state index contributed by atoms with van der Waals surface area (Å²) >= 11 is 6.07. The van der Waals surface area contributed by atoms with Crippen molar-refractivity contribution in [3.05, 3.63) is 52.6 Å². The zero-order valence-electron chi connectivity index (χ0n) is 11.3. The number of aromatic nitrogens is 2. The maximum Gasteiger partial charge on any atom is 0.326 e. The van der Waals surface area contributed by atoms with Gasteiger partial charge >= 0.3 is 5.97 Å². The molecule has 1 atom stereocenters. The van der Waals surface area contributed by atoms with Crippen LogP contribution >= 0.6 is 11.6 Å². The SMILES string of the molecule is Cc1cccc(C(=O)NC(Cc2cnc[nH]2)C(=O)O)c1Cl. The second-order valence-electron chi connectivity index (χ2n) is 4.58. The molecule has 110 valence electrons. The number of rotatable bonds is 5. The first-order chi connectivity index (χ1) is 9.99. The number of hydrogen-bond donors (Lipinski definition) is 3. The van der Waals surface area contributed by atoms with E-state index in [0.29, 0.717) is 10.7 Å². The van der Waals surface area contributed by atoms with E-state index in [4.69, 9.17) is 11.6 Å². The van der Waals surface area contributed by atoms with Crippen molar-refractivity contribution in [2.75, 3.05) is 0 Å². The topological polar surface area (TPSA) is 95.1 Å². The van der Waals surface area contributed by atoms with E-state index >= 15 is 0 Å². The highest BCUT2D eigenvalue weighted by molar-refractivity contribution is 6.34. The van der Waals surface area contributed by atoms with Gasteiger partial charge in [-0.25, -0.2) is 9.78 Å². The summed E-state index contributed by atoms with van der Waals surface area (Å²) in [6, 6.07) is 3.97. The molecule has 2 rings (SSSR count). The van der Waals surface area contributed by atoms with Gasteiger partial charge in [0.1, 0.15) is 6.04 Å². The lowest BCUT2D eigenvalue weighted by Crippen LogP contribution is -2.42. The highest BCUT2D eigenvalue weighted by Gasteiger charge is 2.23. The molecular weight excluding hydrogens is 294 g/mol. The van der Waals surface area contributed by atoms with Crippen LogP contribution in [0, 0.1) is 6.92 Å². The predicted molar refractivity (Wildman–Crippen MR) is 77.4 cm³/mol. The van der Waals surface area contributed by atoms with Crippen LogP contribution in [-0.2, 0) is 11.2 Å². The van der Waals surface area contributed by atoms with Crippen molar-refractivity contribution in [2.45, 2.75) is 19.4 Å². The number of carbonyl (C=O) groups is 2. The second-order valence-corrected chi connectivity index (χ2v) is 4.96. The lowest BCUT2D eigenvalue weighted by atomic mass is 10.1. The molecule has 1 aromatic heterocycles. The summed E-state index contributed by atoms with van der Waals surface area (Å²) in [6.07, 6.45) is 3.08. The molecule has 1 amide bonds. The molecule has 1 unspecified atom stereocenters. The van der Waals surface area contributed by atoms with Crippen LogP contribution in [0.25, 0.3) is 0 Å². The molecule has 0 bridgehead atoms. The van der Waals surface area contributed by atoms with Crippen LogP contribution in [0.2, 0.25) is 5.02 Å². The van der Waals surface area contributed by atoms with Gasteiger partial charge in [-0.05, 0) is 18.6 Å². The van der Waals surface area contributed by atoms with Gasteiger partial charge in [-0.2, -0.15) is 0 Å². The molecule has 3 N–H and O–H groups in total. The number of H-pyrrole nitrogens is 1. The van der Waals surface area contributed by atoms with E-state index in [1.807, 2.05) is 0 Å². The lowest BCUT2D eigenvalue weighted by Gasteiger charge is -2.14. The first kappa shape index (κ1) is 15.1. The first-order valence-electron chi connectivity index (χ1n) is 6.25. The molecule has 0 aliphatic rings. The summed E-state index contributed by atoms with van der Waals surface area (Å²) in [7, 11) is 0. The highest BCUT2D eigenvalue weighted by atomic mass is 35.5. The number of carboxylic acid groups (broad SMARTS) is 1. The summed E-state index contributed by atoms with van der Waals surface area (Å²) in [6.45, 7) is 1.78. The van der Waals surface area contributed by atoms with E-state index in [2.05, 4.69) is 15.3 Å². The standard InChI is InChI=1S/C14H14ClN3O3/c1-8-3-2-4-10(12(8)15)13(19)18-11(14(20)21)5-9-6-16-7-17-9/h2-4,6-7,11H,5H2,1H3,(H,16,17)(H,18,19)(H,20,21). The van der Waals surface area contributed by atoms with Gasteiger partial charge in [0.25, 0.3) is 5.91 Å². The number of nitrogens with zero attached hydrogens (tertiary/aromatic N) is 1. The van der Waals surface area contributed by atoms with Crippen LogP contribution in [0.15, 0.2) is 30.7 Å². The Kier molecular flexibility index (Phi) is 4.59. The minimum absolute atomic E-state index is 0.116. The Morgan fingerprint density at radius 2 is 2.24 bits per heavy atom. The number of carbonyl (C=O) groups excluding carboxylic acids is 1. The van der Waals surface area contributed by atoms with Crippen molar-refractivity contribution in [1.29, 1.82) is 0 Å². The molecule has 6 nitrogen and oxygen atoms in total. The molecule has 1 heterocycles. The fraction of sp³-hybridized carbons (Fsp3) is 0.214. The number of aliphatic carboxylic acids is 1. The van der Waals surface area contributed by atoms with Crippen molar-refractivity contribution in [3.63, 3.8) is 0 Å². The molecule has 21 heavy (non-hydrogen) atoms. The van der Waals surface area contributed by atoms with Gasteiger partial charge in [0.2, 0.25) is 0 Å². The zero-order chi connectivity index (χ0) is 15.4. The molecule has 7 heteroatoms. The summed E-state index contributed by atoms with van der Waals surface area (Å²) < 4.78 is 0. The van der Waals surface area contributed by atoms with Gasteiger partial charge in [0.15, 0.2) is 0 Å². The molecule has 1 aromatic carbocycles. The molecule has 2 aromatic rings. The Bertz CT molecular complexity index is 655. The number of aryl methyl sites for hydroxylation is 1. The van der Waals surface area contributed by atoms with E-state index in [-0.39, 0.29) is 12.0 Å². The monoisotopic (exact) mass is 307 g/mol. The fourth-order valence-electron chi connectivity index (χ4n) is 1.88. The van der Waals surface area contributed by atoms with Crippen LogP contribution in [0.4, 0.5) is 0 Å². The predicted octanol–water partition coefficient (Wildman–Crippen LogP) is 1.80. The number of aromatic amines is 1. The van der Waals surface area contributed by atoms with E-state index in [0.717, 1.165) is 5.56 Å². The Balaban J connectivity index is 2.15. The van der Waals surface area contributed by atoms with Crippen LogP contribution in [-0.4, -0.2) is 33.0 Å². The number of imidazole rings is 1. The highest BCUT2D eigenvalue weighted by Crippen LogP contribution is 2.20. The van der Waals surface area contributed by atoms with Crippen LogP contribution in [0.1, 0.15) is 21.6 Å². The van der Waals surface area contributed by atoms with E-state index in [1.54, 1.807) is 25.1 Å². The van der Waals surface area contributed by atoms with Crippen molar-refractivity contribution >= 4 is 23.5 Å². The average Bonchev–Trinajstić information content (AvgIpc) is 2.93. The molecular formula is C14H14ClN3O3. The third-order valence-electron chi connectivity index (χ3n) is 3.02. The number of carboxylic acids is 1. The maximum absolute atomic E-state index is 12.2. The van der Waals surface area contributed by atoms with Gasteiger partial charge in [-0.3, -0.25) is 4.79 Å². The van der Waals surface area contributed by atoms with Crippen LogP contribution in [0.3, 0.4) is 0 Å². The Labute approximate surface area is 126 Å². The van der Waals surface area contributed by atoms with Gasteiger partial charge in [0.05, 0.1) is 16.9 Å². The van der Waals surface area contributed by atoms with E-state index in [1.165, 1.54) is 12.5 Å². The van der Waals surface area contributed by atoms with Crippen LogP contribution in [0.5, 0.6) is 0 Å². The quantitative estimate of drug-likeness (QED) is 0.785. The molecule has 0 spiro atoms. The fourth-order valence-corrected chi connectivity index (χ4v) is 2.09. The normalized spacial score (nSPS) is 11.9. The van der Waals surface area contributed by atoms with E-state index < -0.39 is 17.9 Å². The van der Waals surface area contributed by atoms with Crippen molar-refractivity contribution in [3.8, 4) is 0 Å². The van der Waals surface area contributed by atoms with Gasteiger partial charge in [-0.1, -0.05) is 23.7 Å². The molecule has 0 radical (unpaired) electrons. The van der Waals surface area contributed by atoms with Crippen molar-refractivity contribution < 1.29 is 14.7 Å². The summed E-state index contributed by atoms with van der Waals surface area (Å²) in [5.41, 5.74) is 1.63. The second kappa shape index (κ2) is 6.41. The Morgan fingerprint density at radius 1 is 1.48 bits per heavy atom. The minimum atomic E-state index is -1.12. The van der Waals surface area contributed by atoms with Gasteiger partial charge in [0, 0.05) is 18.3 Å². The van der Waals surface area contributed by atoms with Crippen molar-refractivity contribution in [1.82, 2.24) is 15.3 Å².